The Hall–Kier alpha value is -2.53. The zero-order chi connectivity index (χ0) is 16.2. The molecule has 2 heterocycles. The Balaban J connectivity index is 1.72. The van der Waals surface area contributed by atoms with Gasteiger partial charge in [0.25, 0.3) is 5.91 Å². The SMILES string of the molecule is Cc1ccc(-c2nc(C(=O)NC(C)c3cccnc3)cs2)cc1. The van der Waals surface area contributed by atoms with Crippen molar-refractivity contribution in [1.29, 1.82) is 0 Å². The maximum atomic E-state index is 12.3. The summed E-state index contributed by atoms with van der Waals surface area (Å²) in [5.41, 5.74) is 3.64. The molecule has 1 N–H and O–H groups in total. The first kappa shape index (κ1) is 15.4. The number of aryl methyl sites for hydroxylation is 1. The number of carbonyl (C=O) groups excluding carboxylic acids is 1. The Morgan fingerprint density at radius 2 is 2.00 bits per heavy atom. The lowest BCUT2D eigenvalue weighted by Gasteiger charge is -2.12. The van der Waals surface area contributed by atoms with Gasteiger partial charge in [0.15, 0.2) is 0 Å². The van der Waals surface area contributed by atoms with E-state index in [1.807, 2.05) is 50.2 Å². The lowest BCUT2D eigenvalue weighted by Crippen LogP contribution is -2.26. The molecule has 3 rings (SSSR count). The number of aromatic nitrogens is 2. The first-order valence-corrected chi connectivity index (χ1v) is 8.25. The molecule has 0 spiro atoms. The van der Waals surface area contributed by atoms with Crippen LogP contribution in [0.25, 0.3) is 10.6 Å². The van der Waals surface area contributed by atoms with Crippen LogP contribution in [0.5, 0.6) is 0 Å². The molecule has 1 aromatic carbocycles. The van der Waals surface area contributed by atoms with Crippen molar-refractivity contribution in [3.63, 3.8) is 0 Å². The molecule has 0 saturated carbocycles. The Bertz CT molecular complexity index is 797. The molecule has 116 valence electrons. The number of hydrogen-bond donors (Lipinski definition) is 1. The van der Waals surface area contributed by atoms with Crippen LogP contribution in [0.2, 0.25) is 0 Å². The largest absolute Gasteiger partial charge is 0.344 e. The highest BCUT2D eigenvalue weighted by Crippen LogP contribution is 2.24. The van der Waals surface area contributed by atoms with Gasteiger partial charge in [-0.2, -0.15) is 0 Å². The van der Waals surface area contributed by atoms with Crippen molar-refractivity contribution in [3.05, 3.63) is 71.0 Å². The predicted octanol–water partition coefficient (Wildman–Crippen LogP) is 4.00. The van der Waals surface area contributed by atoms with Crippen LogP contribution < -0.4 is 5.32 Å². The summed E-state index contributed by atoms with van der Waals surface area (Å²) < 4.78 is 0. The van der Waals surface area contributed by atoms with Crippen LogP contribution in [0.15, 0.2) is 54.2 Å². The third kappa shape index (κ3) is 3.63. The number of rotatable bonds is 4. The normalized spacial score (nSPS) is 11.9. The van der Waals surface area contributed by atoms with Crippen LogP contribution in [0, 0.1) is 6.92 Å². The maximum Gasteiger partial charge on any atom is 0.271 e. The van der Waals surface area contributed by atoms with Crippen molar-refractivity contribution >= 4 is 17.2 Å². The zero-order valence-corrected chi connectivity index (χ0v) is 13.8. The summed E-state index contributed by atoms with van der Waals surface area (Å²) in [6.07, 6.45) is 3.47. The molecule has 1 unspecified atom stereocenters. The molecule has 0 aliphatic carbocycles. The van der Waals surface area contributed by atoms with Gasteiger partial charge in [-0.1, -0.05) is 35.9 Å². The highest BCUT2D eigenvalue weighted by molar-refractivity contribution is 7.13. The van der Waals surface area contributed by atoms with E-state index in [1.165, 1.54) is 16.9 Å². The van der Waals surface area contributed by atoms with Crippen LogP contribution in [0.1, 0.15) is 34.6 Å². The van der Waals surface area contributed by atoms with Crippen LogP contribution in [0.3, 0.4) is 0 Å². The lowest BCUT2D eigenvalue weighted by atomic mass is 10.1. The van der Waals surface area contributed by atoms with Gasteiger partial charge in [0.1, 0.15) is 10.7 Å². The van der Waals surface area contributed by atoms with E-state index in [2.05, 4.69) is 15.3 Å². The molecule has 0 aliphatic heterocycles. The molecule has 0 aliphatic rings. The first-order chi connectivity index (χ1) is 11.1. The quantitative estimate of drug-likeness (QED) is 0.789. The molecule has 1 atom stereocenters. The summed E-state index contributed by atoms with van der Waals surface area (Å²) in [6.45, 7) is 3.98. The van der Waals surface area contributed by atoms with E-state index >= 15 is 0 Å². The second kappa shape index (κ2) is 6.71. The zero-order valence-electron chi connectivity index (χ0n) is 13.0. The van der Waals surface area contributed by atoms with E-state index in [4.69, 9.17) is 0 Å². The van der Waals surface area contributed by atoms with Gasteiger partial charge in [-0.3, -0.25) is 9.78 Å². The van der Waals surface area contributed by atoms with Gasteiger partial charge in [0, 0.05) is 23.3 Å². The minimum absolute atomic E-state index is 0.110. The molecule has 4 nitrogen and oxygen atoms in total. The lowest BCUT2D eigenvalue weighted by molar-refractivity contribution is 0.0935. The molecular formula is C18H17N3OS. The summed E-state index contributed by atoms with van der Waals surface area (Å²) in [4.78, 5) is 20.9. The van der Waals surface area contributed by atoms with Crippen LogP contribution in [0.4, 0.5) is 0 Å². The third-order valence-electron chi connectivity index (χ3n) is 3.57. The Labute approximate surface area is 139 Å². The second-order valence-electron chi connectivity index (χ2n) is 5.39. The molecular weight excluding hydrogens is 306 g/mol. The number of nitrogens with one attached hydrogen (secondary N) is 1. The van der Waals surface area contributed by atoms with E-state index in [9.17, 15) is 4.79 Å². The molecule has 1 amide bonds. The monoisotopic (exact) mass is 323 g/mol. The van der Waals surface area contributed by atoms with Gasteiger partial charge < -0.3 is 5.32 Å². The third-order valence-corrected chi connectivity index (χ3v) is 4.46. The number of benzene rings is 1. The van der Waals surface area contributed by atoms with Crippen molar-refractivity contribution in [1.82, 2.24) is 15.3 Å². The highest BCUT2D eigenvalue weighted by Gasteiger charge is 2.15. The number of amides is 1. The molecule has 23 heavy (non-hydrogen) atoms. The summed E-state index contributed by atoms with van der Waals surface area (Å²) in [6, 6.07) is 11.8. The molecule has 0 saturated heterocycles. The topological polar surface area (TPSA) is 54.9 Å². The number of hydrogen-bond acceptors (Lipinski definition) is 4. The smallest absolute Gasteiger partial charge is 0.271 e. The van der Waals surface area contributed by atoms with Gasteiger partial charge in [-0.25, -0.2) is 4.98 Å². The van der Waals surface area contributed by atoms with Crippen molar-refractivity contribution in [2.45, 2.75) is 19.9 Å². The van der Waals surface area contributed by atoms with Crippen molar-refractivity contribution in [3.8, 4) is 10.6 Å². The molecule has 0 radical (unpaired) electrons. The van der Waals surface area contributed by atoms with Crippen LogP contribution in [-0.4, -0.2) is 15.9 Å². The number of pyridine rings is 1. The van der Waals surface area contributed by atoms with Gasteiger partial charge in [0.2, 0.25) is 0 Å². The van der Waals surface area contributed by atoms with Crippen LogP contribution >= 0.6 is 11.3 Å². The fraction of sp³-hybridized carbons (Fsp3) is 0.167. The van der Waals surface area contributed by atoms with Crippen molar-refractivity contribution in [2.24, 2.45) is 0 Å². The van der Waals surface area contributed by atoms with Crippen LogP contribution in [-0.2, 0) is 0 Å². The van der Waals surface area contributed by atoms with E-state index in [-0.39, 0.29) is 11.9 Å². The Morgan fingerprint density at radius 3 is 2.70 bits per heavy atom. The highest BCUT2D eigenvalue weighted by atomic mass is 32.1. The standard InChI is InChI=1S/C18H17N3OS/c1-12-5-7-14(8-6-12)18-21-16(11-23-18)17(22)20-13(2)15-4-3-9-19-10-15/h3-11,13H,1-2H3,(H,20,22). The molecule has 5 heteroatoms. The summed E-state index contributed by atoms with van der Waals surface area (Å²) in [7, 11) is 0. The number of nitrogens with zero attached hydrogens (tertiary/aromatic N) is 2. The van der Waals surface area contributed by atoms with E-state index in [0.717, 1.165) is 16.1 Å². The Morgan fingerprint density at radius 1 is 1.22 bits per heavy atom. The second-order valence-corrected chi connectivity index (χ2v) is 6.24. The minimum atomic E-state index is -0.170. The Kier molecular flexibility index (Phi) is 4.48. The van der Waals surface area contributed by atoms with Crippen molar-refractivity contribution in [2.75, 3.05) is 0 Å². The number of carbonyl (C=O) groups is 1. The summed E-state index contributed by atoms with van der Waals surface area (Å²) in [5, 5.41) is 5.59. The molecule has 3 aromatic rings. The summed E-state index contributed by atoms with van der Waals surface area (Å²) >= 11 is 1.48. The van der Waals surface area contributed by atoms with Crippen molar-refractivity contribution < 1.29 is 4.79 Å². The molecule has 0 fully saturated rings. The fourth-order valence-corrected chi connectivity index (χ4v) is 3.00. The average Bonchev–Trinajstić information content (AvgIpc) is 3.06. The molecule has 0 bridgehead atoms. The van der Waals surface area contributed by atoms with E-state index in [1.54, 1.807) is 17.8 Å². The molecule has 2 aromatic heterocycles. The average molecular weight is 323 g/mol. The minimum Gasteiger partial charge on any atom is -0.344 e. The fourth-order valence-electron chi connectivity index (χ4n) is 2.19. The van der Waals surface area contributed by atoms with Gasteiger partial charge >= 0.3 is 0 Å². The number of thiazole rings is 1. The van der Waals surface area contributed by atoms with Gasteiger partial charge in [-0.15, -0.1) is 11.3 Å². The van der Waals surface area contributed by atoms with Gasteiger partial charge in [0.05, 0.1) is 6.04 Å². The first-order valence-electron chi connectivity index (χ1n) is 7.37. The van der Waals surface area contributed by atoms with Gasteiger partial charge in [-0.05, 0) is 25.5 Å². The van der Waals surface area contributed by atoms with E-state index in [0.29, 0.717) is 5.69 Å². The van der Waals surface area contributed by atoms with E-state index < -0.39 is 0 Å². The maximum absolute atomic E-state index is 12.3. The summed E-state index contributed by atoms with van der Waals surface area (Å²) in [5.74, 6) is -0.170. The predicted molar refractivity (Wildman–Crippen MR) is 92.4 cm³/mol.